The van der Waals surface area contributed by atoms with Crippen LogP contribution in [0.15, 0.2) is 52.8 Å². The Morgan fingerprint density at radius 1 is 1.17 bits per heavy atom. The van der Waals surface area contributed by atoms with Crippen LogP contribution in [0.1, 0.15) is 29.8 Å². The first-order valence-corrected chi connectivity index (χ1v) is 11.0. The number of aliphatic imine (C=N–C) groups is 1. The Bertz CT molecular complexity index is 705. The number of hydrogen-bond donors (Lipinski definition) is 2. The van der Waals surface area contributed by atoms with Crippen LogP contribution in [0.3, 0.4) is 0 Å². The molecule has 1 aliphatic heterocycles. The van der Waals surface area contributed by atoms with Crippen molar-refractivity contribution in [3.63, 3.8) is 0 Å². The van der Waals surface area contributed by atoms with Crippen molar-refractivity contribution in [2.75, 3.05) is 39.9 Å². The third kappa shape index (κ3) is 7.88. The molecular weight excluding hydrogens is 495 g/mol. The summed E-state index contributed by atoms with van der Waals surface area (Å²) in [6.07, 6.45) is 2.14. The van der Waals surface area contributed by atoms with Crippen molar-refractivity contribution >= 4 is 41.3 Å². The topological polar surface area (TPSA) is 48.9 Å². The Morgan fingerprint density at radius 3 is 2.59 bits per heavy atom. The molecule has 2 unspecified atom stereocenters. The number of aryl methyl sites for hydroxylation is 1. The van der Waals surface area contributed by atoms with E-state index in [1.54, 1.807) is 0 Å². The summed E-state index contributed by atoms with van der Waals surface area (Å²) in [5.74, 6) is 0.871. The van der Waals surface area contributed by atoms with Gasteiger partial charge in [0.1, 0.15) is 0 Å². The van der Waals surface area contributed by atoms with Crippen molar-refractivity contribution in [1.29, 1.82) is 0 Å². The lowest BCUT2D eigenvalue weighted by Crippen LogP contribution is -2.47. The van der Waals surface area contributed by atoms with E-state index in [9.17, 15) is 0 Å². The van der Waals surface area contributed by atoms with E-state index < -0.39 is 0 Å². The molecule has 2 atom stereocenters. The van der Waals surface area contributed by atoms with Gasteiger partial charge in [0.2, 0.25) is 0 Å². The smallest absolute Gasteiger partial charge is 0.191 e. The summed E-state index contributed by atoms with van der Waals surface area (Å²) < 4.78 is 5.54. The summed E-state index contributed by atoms with van der Waals surface area (Å²) >= 11 is 1.82. The molecule has 0 bridgehead atoms. The number of morpholine rings is 1. The largest absolute Gasteiger partial charge is 0.379 e. The second-order valence-electron chi connectivity index (χ2n) is 7.20. The molecule has 0 aliphatic carbocycles. The predicted octanol–water partition coefficient (Wildman–Crippen LogP) is 3.93. The second kappa shape index (κ2) is 13.2. The molecule has 2 heterocycles. The third-order valence-corrected chi connectivity index (χ3v) is 6.11. The molecule has 5 nitrogen and oxygen atoms in total. The van der Waals surface area contributed by atoms with Gasteiger partial charge in [0, 0.05) is 37.6 Å². The molecule has 1 fully saturated rings. The second-order valence-corrected chi connectivity index (χ2v) is 8.18. The lowest BCUT2D eigenvalue weighted by Gasteiger charge is -2.34. The summed E-state index contributed by atoms with van der Waals surface area (Å²) in [5, 5.41) is 9.24. The average molecular weight is 529 g/mol. The minimum absolute atomic E-state index is 0. The Hall–Kier alpha value is -1.16. The van der Waals surface area contributed by atoms with Crippen molar-refractivity contribution < 1.29 is 4.74 Å². The molecule has 3 rings (SSSR count). The highest BCUT2D eigenvalue weighted by Crippen LogP contribution is 2.25. The van der Waals surface area contributed by atoms with Gasteiger partial charge in [-0.2, -0.15) is 0 Å². The van der Waals surface area contributed by atoms with E-state index in [0.29, 0.717) is 12.1 Å². The Kier molecular flexibility index (Phi) is 11.0. The van der Waals surface area contributed by atoms with Crippen LogP contribution < -0.4 is 10.6 Å². The molecule has 29 heavy (non-hydrogen) atoms. The van der Waals surface area contributed by atoms with Gasteiger partial charge in [-0.15, -0.1) is 35.3 Å². The summed E-state index contributed by atoms with van der Waals surface area (Å²) in [6.45, 7) is 6.63. The maximum Gasteiger partial charge on any atom is 0.191 e. The number of nitrogens with zero attached hydrogens (tertiary/aromatic N) is 2. The van der Waals surface area contributed by atoms with Gasteiger partial charge in [0.05, 0.1) is 19.3 Å². The molecule has 0 radical (unpaired) electrons. The van der Waals surface area contributed by atoms with Gasteiger partial charge in [0.15, 0.2) is 5.96 Å². The number of ether oxygens (including phenoxy) is 1. The normalized spacial score (nSPS) is 17.2. The maximum atomic E-state index is 5.54. The van der Waals surface area contributed by atoms with Crippen molar-refractivity contribution in [1.82, 2.24) is 15.5 Å². The maximum absolute atomic E-state index is 5.54. The molecule has 2 aromatic rings. The Morgan fingerprint density at radius 2 is 1.93 bits per heavy atom. The fourth-order valence-corrected chi connectivity index (χ4v) is 4.36. The van der Waals surface area contributed by atoms with Gasteiger partial charge < -0.3 is 15.4 Å². The summed E-state index contributed by atoms with van der Waals surface area (Å²) in [7, 11) is 1.84. The van der Waals surface area contributed by atoms with E-state index in [1.165, 1.54) is 10.4 Å². The highest BCUT2D eigenvalue weighted by atomic mass is 127. The van der Waals surface area contributed by atoms with Gasteiger partial charge in [-0.25, -0.2) is 0 Å². The van der Waals surface area contributed by atoms with E-state index >= 15 is 0 Å². The molecule has 7 heteroatoms. The number of nitrogens with one attached hydrogen (secondary N) is 2. The molecule has 1 saturated heterocycles. The number of benzene rings is 1. The molecule has 1 aromatic heterocycles. The van der Waals surface area contributed by atoms with Gasteiger partial charge in [-0.3, -0.25) is 9.89 Å². The third-order valence-electron chi connectivity index (χ3n) is 5.14. The monoisotopic (exact) mass is 528 g/mol. The fourth-order valence-electron chi connectivity index (χ4n) is 3.50. The standard InChI is InChI=1S/C22H32N4OS.HI/c1-18(10-11-19-7-4-3-5-8-19)25-22(23-2)24-17-20(21-9-6-16-28-21)26-12-14-27-15-13-26;/h3-9,16,18,20H,10-15,17H2,1-2H3,(H2,23,24,25);1H. The van der Waals surface area contributed by atoms with Crippen molar-refractivity contribution in [3.8, 4) is 0 Å². The summed E-state index contributed by atoms with van der Waals surface area (Å²) in [6, 6.07) is 15.7. The van der Waals surface area contributed by atoms with Crippen LogP contribution in [0.5, 0.6) is 0 Å². The predicted molar refractivity (Wildman–Crippen MR) is 134 cm³/mol. The van der Waals surface area contributed by atoms with E-state index in [-0.39, 0.29) is 24.0 Å². The highest BCUT2D eigenvalue weighted by molar-refractivity contribution is 14.0. The minimum Gasteiger partial charge on any atom is -0.379 e. The molecular formula is C22H33IN4OS. The molecule has 1 aliphatic rings. The molecule has 2 N–H and O–H groups in total. The Balaban J connectivity index is 0.00000300. The highest BCUT2D eigenvalue weighted by Gasteiger charge is 2.23. The van der Waals surface area contributed by atoms with Crippen molar-refractivity contribution in [3.05, 3.63) is 58.3 Å². The molecule has 0 amide bonds. The van der Waals surface area contributed by atoms with E-state index in [2.05, 4.69) is 75.3 Å². The molecule has 0 saturated carbocycles. The minimum atomic E-state index is 0. The number of thiophene rings is 1. The summed E-state index contributed by atoms with van der Waals surface area (Å²) in [4.78, 5) is 8.34. The van der Waals surface area contributed by atoms with E-state index in [4.69, 9.17) is 4.74 Å². The van der Waals surface area contributed by atoms with Crippen molar-refractivity contribution in [2.24, 2.45) is 4.99 Å². The molecule has 160 valence electrons. The molecule has 0 spiro atoms. The number of guanidine groups is 1. The lowest BCUT2D eigenvalue weighted by atomic mass is 10.1. The van der Waals surface area contributed by atoms with Gasteiger partial charge >= 0.3 is 0 Å². The summed E-state index contributed by atoms with van der Waals surface area (Å²) in [5.41, 5.74) is 1.38. The lowest BCUT2D eigenvalue weighted by molar-refractivity contribution is 0.0177. The Labute approximate surface area is 196 Å². The number of hydrogen-bond acceptors (Lipinski definition) is 4. The number of halogens is 1. The zero-order valence-corrected chi connectivity index (χ0v) is 20.5. The number of rotatable bonds is 8. The SMILES string of the molecule is CN=C(NCC(c1cccs1)N1CCOCC1)NC(C)CCc1ccccc1.I. The van der Waals surface area contributed by atoms with Crippen LogP contribution in [0.4, 0.5) is 0 Å². The van der Waals surface area contributed by atoms with Gasteiger partial charge in [-0.1, -0.05) is 36.4 Å². The fraction of sp³-hybridized carbons (Fsp3) is 0.500. The quantitative estimate of drug-likeness (QED) is 0.310. The van der Waals surface area contributed by atoms with Gasteiger partial charge in [-0.05, 0) is 36.8 Å². The van der Waals surface area contributed by atoms with Crippen LogP contribution in [-0.2, 0) is 11.2 Å². The average Bonchev–Trinajstić information content (AvgIpc) is 3.27. The van der Waals surface area contributed by atoms with Crippen molar-refractivity contribution in [2.45, 2.75) is 31.8 Å². The van der Waals surface area contributed by atoms with Crippen LogP contribution in [0.2, 0.25) is 0 Å². The zero-order chi connectivity index (χ0) is 19.6. The van der Waals surface area contributed by atoms with Crippen LogP contribution >= 0.6 is 35.3 Å². The first kappa shape index (κ1) is 24.1. The zero-order valence-electron chi connectivity index (χ0n) is 17.3. The van der Waals surface area contributed by atoms with Gasteiger partial charge in [0.25, 0.3) is 0 Å². The van der Waals surface area contributed by atoms with E-state index in [0.717, 1.165) is 51.6 Å². The first-order chi connectivity index (χ1) is 13.8. The molecule has 1 aromatic carbocycles. The van der Waals surface area contributed by atoms with E-state index in [1.807, 2.05) is 18.4 Å². The van der Waals surface area contributed by atoms with Crippen LogP contribution in [0.25, 0.3) is 0 Å². The first-order valence-electron chi connectivity index (χ1n) is 10.1. The van der Waals surface area contributed by atoms with Crippen LogP contribution in [-0.4, -0.2) is 56.8 Å². The van der Waals surface area contributed by atoms with Crippen LogP contribution in [0, 0.1) is 0 Å².